The zero-order valence-corrected chi connectivity index (χ0v) is 27.5. The molecule has 9 rings (SSSR count). The number of rotatable bonds is 5. The zero-order valence-electron chi connectivity index (χ0n) is 27.5. The topological polar surface area (TPSA) is 12.0 Å². The van der Waals surface area contributed by atoms with Crippen molar-refractivity contribution in [3.05, 3.63) is 142 Å². The van der Waals surface area contributed by atoms with Gasteiger partial charge in [-0.25, -0.2) is 0 Å². The second kappa shape index (κ2) is 12.4. The van der Waals surface area contributed by atoms with Crippen molar-refractivity contribution in [1.82, 2.24) is 5.32 Å². The fourth-order valence-electron chi connectivity index (χ4n) is 10.8. The van der Waals surface area contributed by atoms with Gasteiger partial charge in [-0.2, -0.15) is 0 Å². The average Bonchev–Trinajstić information content (AvgIpc) is 3.11. The van der Waals surface area contributed by atoms with Gasteiger partial charge in [-0.15, -0.1) is 0 Å². The van der Waals surface area contributed by atoms with E-state index in [0.717, 1.165) is 24.3 Å². The summed E-state index contributed by atoms with van der Waals surface area (Å²) in [7, 11) is 0. The molecular formula is C45H51N. The van der Waals surface area contributed by atoms with Crippen molar-refractivity contribution in [3.63, 3.8) is 0 Å². The molecule has 0 aromatic rings. The Labute approximate surface area is 277 Å². The van der Waals surface area contributed by atoms with E-state index in [-0.39, 0.29) is 0 Å². The van der Waals surface area contributed by atoms with Crippen LogP contribution in [-0.4, -0.2) is 6.54 Å². The second-order valence-corrected chi connectivity index (χ2v) is 15.6. The van der Waals surface area contributed by atoms with Gasteiger partial charge in [0.1, 0.15) is 0 Å². The molecule has 1 nitrogen and oxygen atoms in total. The monoisotopic (exact) mass is 605 g/mol. The van der Waals surface area contributed by atoms with Crippen LogP contribution in [0.3, 0.4) is 0 Å². The van der Waals surface area contributed by atoms with Crippen LogP contribution in [0.4, 0.5) is 0 Å². The summed E-state index contributed by atoms with van der Waals surface area (Å²) in [5, 5.41) is 3.34. The van der Waals surface area contributed by atoms with Crippen molar-refractivity contribution >= 4 is 0 Å². The van der Waals surface area contributed by atoms with Crippen molar-refractivity contribution in [2.45, 2.75) is 70.6 Å². The smallest absolute Gasteiger partial charge is 0.0412 e. The molecule has 0 bridgehead atoms. The van der Waals surface area contributed by atoms with Gasteiger partial charge in [-0.1, -0.05) is 114 Å². The normalized spacial score (nSPS) is 39.1. The number of hydrogen-bond acceptors (Lipinski definition) is 1. The Kier molecular flexibility index (Phi) is 7.76. The van der Waals surface area contributed by atoms with Crippen LogP contribution in [-0.2, 0) is 0 Å². The summed E-state index contributed by atoms with van der Waals surface area (Å²) in [6.45, 7) is 1.02. The highest BCUT2D eigenvalue weighted by Crippen LogP contribution is 2.51. The van der Waals surface area contributed by atoms with Gasteiger partial charge < -0.3 is 5.32 Å². The molecule has 7 atom stereocenters. The van der Waals surface area contributed by atoms with Crippen LogP contribution in [0.5, 0.6) is 0 Å². The van der Waals surface area contributed by atoms with E-state index in [2.05, 4.69) is 109 Å². The van der Waals surface area contributed by atoms with Gasteiger partial charge in [0, 0.05) is 36.4 Å². The second-order valence-electron chi connectivity index (χ2n) is 15.6. The molecule has 1 fully saturated rings. The Morgan fingerprint density at radius 1 is 0.674 bits per heavy atom. The Morgan fingerprint density at radius 2 is 1.50 bits per heavy atom. The molecule has 0 spiro atoms. The number of nitrogens with one attached hydrogen (secondary N) is 1. The van der Waals surface area contributed by atoms with Crippen LogP contribution in [0, 0.1) is 53.3 Å². The van der Waals surface area contributed by atoms with Gasteiger partial charge in [0.25, 0.3) is 0 Å². The fraction of sp³-hybridized carbons (Fsp3) is 0.467. The van der Waals surface area contributed by atoms with E-state index in [1.165, 1.54) is 81.8 Å². The molecule has 1 heteroatoms. The van der Waals surface area contributed by atoms with E-state index in [9.17, 15) is 0 Å². The average molecular weight is 606 g/mol. The Bertz CT molecular complexity index is 1610. The van der Waals surface area contributed by atoms with Crippen LogP contribution < -0.4 is 5.32 Å². The Balaban J connectivity index is 0.879. The highest BCUT2D eigenvalue weighted by atomic mass is 14.9. The molecular weight excluding hydrogens is 555 g/mol. The standard InChI is InChI=1S/C45H51N/c1-2-8-35-27-36(22-15-30(35)7-1)31-13-16-32(17-14-31)38-23-24-39(43-10-4-3-9-42(38)43)33-18-20-34(21-19-33)40-25-26-41(37-28-46-29-37)45-12-6-5-11-44(40)45/h2-6,8-12,15-16,22,25-28,30-31,33-35,38,42,44-46H,1,7,13-14,17-21,23-24,29H2. The lowest BCUT2D eigenvalue weighted by Crippen LogP contribution is -2.32. The first-order valence-electron chi connectivity index (χ1n) is 18.8. The van der Waals surface area contributed by atoms with Gasteiger partial charge >= 0.3 is 0 Å². The molecule has 0 aromatic heterocycles. The predicted octanol–water partition coefficient (Wildman–Crippen LogP) is 10.8. The van der Waals surface area contributed by atoms with Crippen LogP contribution in [0.15, 0.2) is 142 Å². The fourth-order valence-corrected chi connectivity index (χ4v) is 10.8. The highest BCUT2D eigenvalue weighted by molar-refractivity contribution is 5.50. The quantitative estimate of drug-likeness (QED) is 0.307. The number of hydrogen-bond donors (Lipinski definition) is 1. The van der Waals surface area contributed by atoms with E-state index in [0.29, 0.717) is 35.5 Å². The maximum absolute atomic E-state index is 3.34. The van der Waals surface area contributed by atoms with Crippen LogP contribution in [0.1, 0.15) is 70.6 Å². The molecule has 236 valence electrons. The Hall–Kier alpha value is -3.32. The Morgan fingerprint density at radius 3 is 2.33 bits per heavy atom. The summed E-state index contributed by atoms with van der Waals surface area (Å²) in [6, 6.07) is 0. The van der Waals surface area contributed by atoms with Crippen molar-refractivity contribution in [2.24, 2.45) is 53.3 Å². The SMILES string of the molecule is C1=CC2=C(C3CCC(C4=CC=C(C5=CNC5)C5C=CC=CC45)CC3)CCC(C3=CCC(C4=CC5C=CCCC5C=C4)CC3)C2C=C1. The third-order valence-electron chi connectivity index (χ3n) is 13.4. The van der Waals surface area contributed by atoms with Crippen molar-refractivity contribution in [2.75, 3.05) is 6.54 Å². The maximum atomic E-state index is 3.34. The molecule has 8 aliphatic carbocycles. The number of allylic oxidation sites excluding steroid dienone is 21. The molecule has 1 N–H and O–H groups in total. The summed E-state index contributed by atoms with van der Waals surface area (Å²) < 4.78 is 0. The first kappa shape index (κ1) is 28.9. The van der Waals surface area contributed by atoms with Gasteiger partial charge in [0.15, 0.2) is 0 Å². The van der Waals surface area contributed by atoms with E-state index < -0.39 is 0 Å². The summed E-state index contributed by atoms with van der Waals surface area (Å²) in [5.74, 6) is 5.99. The summed E-state index contributed by atoms with van der Waals surface area (Å²) in [4.78, 5) is 0. The van der Waals surface area contributed by atoms with Crippen molar-refractivity contribution in [3.8, 4) is 0 Å². The van der Waals surface area contributed by atoms with E-state index in [1.54, 1.807) is 22.3 Å². The lowest BCUT2D eigenvalue weighted by atomic mass is 9.62. The molecule has 0 aromatic carbocycles. The molecule has 1 saturated carbocycles. The van der Waals surface area contributed by atoms with Crippen LogP contribution in [0.2, 0.25) is 0 Å². The lowest BCUT2D eigenvalue weighted by molar-refractivity contribution is 0.296. The molecule has 0 saturated heterocycles. The van der Waals surface area contributed by atoms with Crippen molar-refractivity contribution in [1.29, 1.82) is 0 Å². The van der Waals surface area contributed by atoms with Crippen LogP contribution in [0.25, 0.3) is 0 Å². The molecule has 46 heavy (non-hydrogen) atoms. The molecule has 7 unspecified atom stereocenters. The third-order valence-corrected chi connectivity index (χ3v) is 13.4. The minimum absolute atomic E-state index is 0.526. The minimum Gasteiger partial charge on any atom is -0.386 e. The van der Waals surface area contributed by atoms with Gasteiger partial charge in [-0.05, 0) is 123 Å². The zero-order chi connectivity index (χ0) is 30.5. The van der Waals surface area contributed by atoms with Gasteiger partial charge in [0.2, 0.25) is 0 Å². The minimum atomic E-state index is 0.526. The molecule has 0 amide bonds. The molecule has 1 aliphatic heterocycles. The van der Waals surface area contributed by atoms with Crippen molar-refractivity contribution < 1.29 is 0 Å². The maximum Gasteiger partial charge on any atom is 0.0412 e. The summed E-state index contributed by atoms with van der Waals surface area (Å²) >= 11 is 0. The first-order chi connectivity index (χ1) is 22.8. The molecule has 0 radical (unpaired) electrons. The van der Waals surface area contributed by atoms with Crippen LogP contribution >= 0.6 is 0 Å². The summed E-state index contributed by atoms with van der Waals surface area (Å²) in [5.41, 5.74) is 11.7. The van der Waals surface area contributed by atoms with Gasteiger partial charge in [0.05, 0.1) is 0 Å². The number of fused-ring (bicyclic) bond motifs is 3. The lowest BCUT2D eigenvalue weighted by Gasteiger charge is -2.42. The molecule has 9 aliphatic rings. The van der Waals surface area contributed by atoms with E-state index in [1.807, 2.05) is 5.57 Å². The summed E-state index contributed by atoms with van der Waals surface area (Å²) in [6.07, 6.45) is 56.2. The highest BCUT2D eigenvalue weighted by Gasteiger charge is 2.39. The van der Waals surface area contributed by atoms with E-state index >= 15 is 0 Å². The van der Waals surface area contributed by atoms with E-state index in [4.69, 9.17) is 0 Å². The predicted molar refractivity (Wildman–Crippen MR) is 192 cm³/mol. The third kappa shape index (κ3) is 5.23. The van der Waals surface area contributed by atoms with Gasteiger partial charge in [-0.3, -0.25) is 0 Å². The largest absolute Gasteiger partial charge is 0.386 e. The molecule has 1 heterocycles. The first-order valence-corrected chi connectivity index (χ1v) is 18.8.